The summed E-state index contributed by atoms with van der Waals surface area (Å²) in [5.41, 5.74) is 2.56. The Labute approximate surface area is 223 Å². The van der Waals surface area contributed by atoms with Gasteiger partial charge in [0.05, 0.1) is 32.3 Å². The maximum Gasteiger partial charge on any atom is 0.335 e. The number of nitrogens with zero attached hydrogens (tertiary/aromatic N) is 2. The Morgan fingerprint density at radius 1 is 0.816 bits per heavy atom. The molecule has 0 radical (unpaired) electrons. The summed E-state index contributed by atoms with van der Waals surface area (Å²) in [7, 11) is 2.85. The van der Waals surface area contributed by atoms with Gasteiger partial charge in [-0.25, -0.2) is 18.0 Å². The number of rotatable bonds is 10. The molecule has 0 aromatic heterocycles. The number of hydrogen-bond donors (Lipinski definition) is 0. The van der Waals surface area contributed by atoms with E-state index in [-0.39, 0.29) is 4.90 Å². The summed E-state index contributed by atoms with van der Waals surface area (Å²) in [6, 6.07) is 17.0. The first-order chi connectivity index (χ1) is 18.1. The van der Waals surface area contributed by atoms with Gasteiger partial charge in [0.1, 0.15) is 5.75 Å². The molecule has 1 atom stereocenters. The van der Waals surface area contributed by atoms with Crippen molar-refractivity contribution in [2.45, 2.75) is 23.9 Å². The summed E-state index contributed by atoms with van der Waals surface area (Å²) in [5.74, 6) is -1.81. The summed E-state index contributed by atoms with van der Waals surface area (Å²) in [5, 5.41) is 0. The molecule has 0 spiro atoms. The lowest BCUT2D eigenvalue weighted by molar-refractivity contribution is -0.158. The third kappa shape index (κ3) is 5.81. The molecule has 0 fully saturated rings. The molecule has 3 aromatic rings. The van der Waals surface area contributed by atoms with E-state index in [0.717, 1.165) is 29.8 Å². The van der Waals surface area contributed by atoms with E-state index < -0.39 is 34.0 Å². The van der Waals surface area contributed by atoms with Crippen LogP contribution in [0.5, 0.6) is 5.75 Å². The molecule has 3 aromatic carbocycles. The van der Waals surface area contributed by atoms with Gasteiger partial charge in [-0.2, -0.15) is 4.31 Å². The summed E-state index contributed by atoms with van der Waals surface area (Å²) in [6.45, 7) is 1.82. The molecule has 0 N–H and O–H groups in total. The number of anilines is 1. The van der Waals surface area contributed by atoms with Crippen LogP contribution in [0.15, 0.2) is 77.7 Å². The zero-order chi connectivity index (χ0) is 28.0. The molecule has 3 rings (SSSR count). The third-order valence-electron chi connectivity index (χ3n) is 6.10. The molecular formula is C28H32N2O7S. The van der Waals surface area contributed by atoms with E-state index in [4.69, 9.17) is 14.2 Å². The van der Waals surface area contributed by atoms with Gasteiger partial charge in [0.2, 0.25) is 16.1 Å². The highest BCUT2D eigenvalue weighted by Crippen LogP contribution is 2.41. The molecule has 202 valence electrons. The maximum atomic E-state index is 14.4. The van der Waals surface area contributed by atoms with Gasteiger partial charge in [0.15, 0.2) is 0 Å². The lowest BCUT2D eigenvalue weighted by Crippen LogP contribution is -2.52. The van der Waals surface area contributed by atoms with Gasteiger partial charge in [-0.1, -0.05) is 54.1 Å². The van der Waals surface area contributed by atoms with E-state index in [0.29, 0.717) is 16.9 Å². The number of sulfonamides is 1. The molecule has 0 aliphatic rings. The number of hydrogen-bond acceptors (Lipinski definition) is 8. The summed E-state index contributed by atoms with van der Waals surface area (Å²) in [6.07, 6.45) is 0. The summed E-state index contributed by atoms with van der Waals surface area (Å²) < 4.78 is 45.1. The molecule has 0 amide bonds. The number of aryl methyl sites for hydroxylation is 1. The number of carbonyl (C=O) groups is 2. The standard InChI is InChI=1S/C28H32N2O7S/c1-19-12-15-22(16-13-19)38(33,34)30(26(27(31)36-5)28(32)37-6)25(20-10-8-7-9-11-20)23-17-14-21(29(2)3)18-24(23)35-4/h7-18,25-26H,1-6H3. The predicted octanol–water partition coefficient (Wildman–Crippen LogP) is 3.56. The van der Waals surface area contributed by atoms with Crippen molar-refractivity contribution in [3.05, 3.63) is 89.5 Å². The topological polar surface area (TPSA) is 102 Å². The van der Waals surface area contributed by atoms with E-state index in [9.17, 15) is 18.0 Å². The van der Waals surface area contributed by atoms with Gasteiger partial charge < -0.3 is 19.1 Å². The molecule has 0 bridgehead atoms. The smallest absolute Gasteiger partial charge is 0.335 e. The number of benzene rings is 3. The molecule has 10 heteroatoms. The van der Waals surface area contributed by atoms with Crippen LogP contribution in [0.25, 0.3) is 0 Å². The molecular weight excluding hydrogens is 508 g/mol. The fourth-order valence-electron chi connectivity index (χ4n) is 4.09. The van der Waals surface area contributed by atoms with Crippen molar-refractivity contribution in [2.24, 2.45) is 0 Å². The SMILES string of the molecule is COC(=O)C(C(=O)OC)N(C(c1ccccc1)c1ccc(N(C)C)cc1OC)S(=O)(=O)c1ccc(C)cc1. The van der Waals surface area contributed by atoms with Crippen LogP contribution in [0.1, 0.15) is 22.7 Å². The van der Waals surface area contributed by atoms with Crippen LogP contribution < -0.4 is 9.64 Å². The highest BCUT2D eigenvalue weighted by atomic mass is 32.2. The molecule has 0 aliphatic heterocycles. The Bertz CT molecular complexity index is 1360. The van der Waals surface area contributed by atoms with Crippen molar-refractivity contribution in [2.75, 3.05) is 40.3 Å². The lowest BCUT2D eigenvalue weighted by Gasteiger charge is -2.35. The van der Waals surface area contributed by atoms with Crippen LogP contribution in [0.2, 0.25) is 0 Å². The third-order valence-corrected chi connectivity index (χ3v) is 7.94. The molecule has 9 nitrogen and oxygen atoms in total. The number of methoxy groups -OCH3 is 3. The van der Waals surface area contributed by atoms with Gasteiger partial charge in [0.25, 0.3) is 0 Å². The van der Waals surface area contributed by atoms with Crippen molar-refractivity contribution >= 4 is 27.6 Å². The maximum absolute atomic E-state index is 14.4. The van der Waals surface area contributed by atoms with Crippen LogP contribution in [-0.2, 0) is 29.1 Å². The zero-order valence-corrected chi connectivity index (χ0v) is 23.1. The average molecular weight is 541 g/mol. The first kappa shape index (κ1) is 28.7. The van der Waals surface area contributed by atoms with Crippen LogP contribution >= 0.6 is 0 Å². The van der Waals surface area contributed by atoms with Gasteiger partial charge in [-0.15, -0.1) is 0 Å². The van der Waals surface area contributed by atoms with Gasteiger partial charge >= 0.3 is 11.9 Å². The zero-order valence-electron chi connectivity index (χ0n) is 22.2. The molecule has 0 heterocycles. The van der Waals surface area contributed by atoms with Crippen LogP contribution in [0.4, 0.5) is 5.69 Å². The van der Waals surface area contributed by atoms with E-state index >= 15 is 0 Å². The fourth-order valence-corrected chi connectivity index (χ4v) is 5.77. The largest absolute Gasteiger partial charge is 0.496 e. The predicted molar refractivity (Wildman–Crippen MR) is 144 cm³/mol. The molecule has 0 saturated carbocycles. The van der Waals surface area contributed by atoms with Crippen molar-refractivity contribution in [3.63, 3.8) is 0 Å². The van der Waals surface area contributed by atoms with E-state index in [1.807, 2.05) is 25.9 Å². The summed E-state index contributed by atoms with van der Waals surface area (Å²) in [4.78, 5) is 27.9. The number of esters is 2. The highest BCUT2D eigenvalue weighted by molar-refractivity contribution is 7.89. The second-order valence-electron chi connectivity index (χ2n) is 8.73. The number of carbonyl (C=O) groups excluding carboxylic acids is 2. The Morgan fingerprint density at radius 2 is 1.39 bits per heavy atom. The molecule has 1 unspecified atom stereocenters. The van der Waals surface area contributed by atoms with E-state index in [1.54, 1.807) is 60.7 Å². The van der Waals surface area contributed by atoms with Crippen molar-refractivity contribution in [3.8, 4) is 5.75 Å². The highest BCUT2D eigenvalue weighted by Gasteiger charge is 2.48. The van der Waals surface area contributed by atoms with Crippen molar-refractivity contribution in [1.29, 1.82) is 0 Å². The summed E-state index contributed by atoms with van der Waals surface area (Å²) >= 11 is 0. The lowest BCUT2D eigenvalue weighted by atomic mass is 9.96. The van der Waals surface area contributed by atoms with Crippen molar-refractivity contribution in [1.82, 2.24) is 4.31 Å². The quantitative estimate of drug-likeness (QED) is 0.284. The van der Waals surface area contributed by atoms with Gasteiger partial charge in [-0.05, 0) is 30.7 Å². The Morgan fingerprint density at radius 3 is 1.89 bits per heavy atom. The Balaban J connectivity index is 2.44. The average Bonchev–Trinajstić information content (AvgIpc) is 2.92. The van der Waals surface area contributed by atoms with Gasteiger partial charge in [0, 0.05) is 31.4 Å². The number of ether oxygens (including phenoxy) is 3. The van der Waals surface area contributed by atoms with Crippen LogP contribution in [-0.4, -0.2) is 66.1 Å². The minimum absolute atomic E-state index is 0.106. The first-order valence-corrected chi connectivity index (χ1v) is 13.2. The fraction of sp³-hybridized carbons (Fsp3) is 0.286. The second-order valence-corrected chi connectivity index (χ2v) is 10.6. The van der Waals surface area contributed by atoms with Crippen LogP contribution in [0.3, 0.4) is 0 Å². The Hall–Kier alpha value is -3.89. The van der Waals surface area contributed by atoms with Gasteiger partial charge in [-0.3, -0.25) is 0 Å². The first-order valence-electron chi connectivity index (χ1n) is 11.7. The Kier molecular flexibility index (Phi) is 9.13. The molecule has 38 heavy (non-hydrogen) atoms. The second kappa shape index (κ2) is 12.1. The van der Waals surface area contributed by atoms with Crippen LogP contribution in [0, 0.1) is 6.92 Å². The van der Waals surface area contributed by atoms with E-state index in [1.165, 1.54) is 19.2 Å². The van der Waals surface area contributed by atoms with Crippen molar-refractivity contribution < 1.29 is 32.2 Å². The molecule has 0 aliphatic carbocycles. The van der Waals surface area contributed by atoms with E-state index in [2.05, 4.69) is 0 Å². The minimum Gasteiger partial charge on any atom is -0.496 e. The molecule has 0 saturated heterocycles. The monoisotopic (exact) mass is 540 g/mol. The normalized spacial score (nSPS) is 12.2. The minimum atomic E-state index is -4.51.